The first-order chi connectivity index (χ1) is 3.83. The fraction of sp³-hybridized carbons (Fsp3) is 0.200. The average Bonchev–Trinajstić information content (AvgIpc) is 2.14. The fourth-order valence-corrected chi connectivity index (χ4v) is 0.483. The van der Waals surface area contributed by atoms with Gasteiger partial charge >= 0.3 is 0 Å². The van der Waals surface area contributed by atoms with E-state index in [9.17, 15) is 0 Å². The van der Waals surface area contributed by atoms with Gasteiger partial charge in [-0.3, -0.25) is 4.98 Å². The van der Waals surface area contributed by atoms with Crippen molar-refractivity contribution in [3.8, 4) is 11.8 Å². The van der Waals surface area contributed by atoms with Gasteiger partial charge in [0, 0.05) is 12.1 Å². The number of H-pyrrole nitrogens is 1. The van der Waals surface area contributed by atoms with E-state index in [2.05, 4.69) is 4.98 Å². The Labute approximate surface area is 46.9 Å². The van der Waals surface area contributed by atoms with Crippen LogP contribution in [0.25, 0.3) is 0 Å². The third-order valence-corrected chi connectivity index (χ3v) is 0.864. The Bertz CT molecular complexity index is 171. The third-order valence-electron chi connectivity index (χ3n) is 0.864. The monoisotopic (exact) mass is 113 g/mol. The zero-order chi connectivity index (χ0) is 5.98. The molecule has 0 aliphatic heterocycles. The summed E-state index contributed by atoms with van der Waals surface area (Å²) in [5, 5.41) is 8.65. The van der Waals surface area contributed by atoms with Crippen LogP contribution in [0.3, 0.4) is 0 Å². The van der Waals surface area contributed by atoms with E-state index >= 15 is 0 Å². The van der Waals surface area contributed by atoms with Gasteiger partial charge in [0.1, 0.15) is 0 Å². The van der Waals surface area contributed by atoms with Crippen LogP contribution >= 0.6 is 0 Å². The van der Waals surface area contributed by atoms with Crippen LogP contribution in [-0.4, -0.2) is 17.2 Å². The first-order valence-corrected chi connectivity index (χ1v) is 2.25. The molecular formula is C5H7NO2. The molecule has 0 bridgehead atoms. The molecule has 1 aromatic heterocycles. The molecule has 3 heteroatoms. The molecule has 0 aromatic carbocycles. The molecule has 1 rings (SSSR count). The normalized spacial score (nSPS) is 9.12. The Kier molecular flexibility index (Phi) is 1.12. The Morgan fingerprint density at radius 2 is 2.38 bits per heavy atom. The highest BCUT2D eigenvalue weighted by Crippen LogP contribution is 2.12. The van der Waals surface area contributed by atoms with Gasteiger partial charge in [-0.25, -0.2) is 0 Å². The van der Waals surface area contributed by atoms with Gasteiger partial charge in [-0.15, -0.1) is 0 Å². The number of hydrogen-bond donors (Lipinski definition) is 2. The molecule has 2 N–H and O–H groups in total. The van der Waals surface area contributed by atoms with Crippen LogP contribution in [-0.2, 0) is 0 Å². The van der Waals surface area contributed by atoms with Crippen molar-refractivity contribution in [1.29, 1.82) is 0 Å². The first kappa shape index (κ1) is 5.03. The minimum atomic E-state index is 0.127. The summed E-state index contributed by atoms with van der Waals surface area (Å²) in [4.78, 5) is 2.56. The summed E-state index contributed by atoms with van der Waals surface area (Å²) in [7, 11) is 1.53. The van der Waals surface area contributed by atoms with E-state index in [1.165, 1.54) is 13.2 Å². The van der Waals surface area contributed by atoms with Crippen molar-refractivity contribution < 1.29 is 9.84 Å². The molecule has 1 heterocycles. The van der Waals surface area contributed by atoms with Gasteiger partial charge in [0.05, 0.1) is 7.11 Å². The van der Waals surface area contributed by atoms with Crippen LogP contribution in [0.2, 0.25) is 0 Å². The number of methoxy groups -OCH3 is 1. The summed E-state index contributed by atoms with van der Waals surface area (Å²) in [6, 6.07) is 3.17. The van der Waals surface area contributed by atoms with E-state index in [4.69, 9.17) is 9.84 Å². The molecule has 44 valence electrons. The molecule has 0 atom stereocenters. The van der Waals surface area contributed by atoms with Crippen molar-refractivity contribution in [2.75, 3.05) is 7.11 Å². The van der Waals surface area contributed by atoms with E-state index < -0.39 is 0 Å². The molecule has 0 radical (unpaired) electrons. The number of aromatic amines is 1. The lowest BCUT2D eigenvalue weighted by Gasteiger charge is -1.88. The summed E-state index contributed by atoms with van der Waals surface area (Å²) in [5.74, 6) is 0.698. The first-order valence-electron chi connectivity index (χ1n) is 2.25. The molecule has 0 fully saturated rings. The van der Waals surface area contributed by atoms with Gasteiger partial charge in [0.25, 0.3) is 0 Å². The molecule has 0 saturated carbocycles. The van der Waals surface area contributed by atoms with Gasteiger partial charge in [-0.1, -0.05) is 0 Å². The molecule has 0 aliphatic carbocycles. The van der Waals surface area contributed by atoms with Gasteiger partial charge in [0.15, 0.2) is 11.8 Å². The van der Waals surface area contributed by atoms with Gasteiger partial charge in [-0.2, -0.15) is 0 Å². The predicted molar refractivity (Wildman–Crippen MR) is 29.0 cm³/mol. The zero-order valence-electron chi connectivity index (χ0n) is 4.51. The van der Waals surface area contributed by atoms with Crippen LogP contribution in [0, 0.1) is 0 Å². The Hall–Kier alpha value is -1.12. The third kappa shape index (κ3) is 0.753. The number of hydrogen-bond acceptors (Lipinski definition) is 2. The summed E-state index contributed by atoms with van der Waals surface area (Å²) < 4.78 is 4.72. The lowest BCUT2D eigenvalue weighted by molar-refractivity contribution is 0.389. The Balaban J connectivity index is 2.84. The quantitative estimate of drug-likeness (QED) is 0.563. The maximum Gasteiger partial charge on any atom is 0.193 e. The average molecular weight is 113 g/mol. The summed E-state index contributed by atoms with van der Waals surface area (Å²) in [5.41, 5.74) is 0. The van der Waals surface area contributed by atoms with Crippen molar-refractivity contribution in [3.63, 3.8) is 0 Å². The highest BCUT2D eigenvalue weighted by Gasteiger charge is 1.90. The largest absolute Gasteiger partial charge is 0.495 e. The predicted octanol–water partition coefficient (Wildman–Crippen LogP) is 0.729. The minimum Gasteiger partial charge on any atom is -0.495 e. The molecule has 0 spiro atoms. The van der Waals surface area contributed by atoms with Crippen LogP contribution in [0.4, 0.5) is 0 Å². The smallest absolute Gasteiger partial charge is 0.193 e. The lowest BCUT2D eigenvalue weighted by atomic mass is 10.6. The van der Waals surface area contributed by atoms with Crippen LogP contribution < -0.4 is 4.74 Å². The van der Waals surface area contributed by atoms with E-state index in [1.807, 2.05) is 0 Å². The fourth-order valence-electron chi connectivity index (χ4n) is 0.483. The number of nitrogens with one attached hydrogen (secondary N) is 1. The van der Waals surface area contributed by atoms with Crippen molar-refractivity contribution in [2.24, 2.45) is 0 Å². The van der Waals surface area contributed by atoms with E-state index in [0.717, 1.165) is 0 Å². The number of rotatable bonds is 1. The summed E-state index contributed by atoms with van der Waals surface area (Å²) in [6.07, 6.45) is 0. The van der Waals surface area contributed by atoms with Crippen molar-refractivity contribution >= 4 is 0 Å². The number of aromatic nitrogens is 1. The molecule has 1 aromatic rings. The van der Waals surface area contributed by atoms with E-state index in [0.29, 0.717) is 5.88 Å². The highest BCUT2D eigenvalue weighted by molar-refractivity contribution is 5.20. The van der Waals surface area contributed by atoms with E-state index in [1.54, 1.807) is 6.07 Å². The number of aromatic hydroxyl groups is 1. The zero-order valence-corrected chi connectivity index (χ0v) is 4.51. The SMILES string of the molecule is COc1ccc(O)[nH]1. The molecule has 8 heavy (non-hydrogen) atoms. The summed E-state index contributed by atoms with van der Waals surface area (Å²) in [6.45, 7) is 0. The van der Waals surface area contributed by atoms with Crippen molar-refractivity contribution in [3.05, 3.63) is 12.1 Å². The lowest BCUT2D eigenvalue weighted by Crippen LogP contribution is -1.79. The maximum atomic E-state index is 8.65. The molecule has 0 saturated heterocycles. The molecular weight excluding hydrogens is 106 g/mol. The second kappa shape index (κ2) is 1.78. The van der Waals surface area contributed by atoms with Crippen LogP contribution in [0.1, 0.15) is 0 Å². The summed E-state index contributed by atoms with van der Waals surface area (Å²) >= 11 is 0. The van der Waals surface area contributed by atoms with Crippen LogP contribution in [0.5, 0.6) is 11.8 Å². The second-order valence-corrected chi connectivity index (χ2v) is 1.41. The molecule has 3 nitrogen and oxygen atoms in total. The topological polar surface area (TPSA) is 45.2 Å². The Morgan fingerprint density at radius 1 is 1.62 bits per heavy atom. The maximum absolute atomic E-state index is 8.65. The number of ether oxygens (including phenoxy) is 1. The van der Waals surface area contributed by atoms with Crippen LogP contribution in [0.15, 0.2) is 12.1 Å². The highest BCUT2D eigenvalue weighted by atomic mass is 16.5. The second-order valence-electron chi connectivity index (χ2n) is 1.41. The van der Waals surface area contributed by atoms with Gasteiger partial charge in [-0.05, 0) is 0 Å². The minimum absolute atomic E-state index is 0.127. The van der Waals surface area contributed by atoms with E-state index in [-0.39, 0.29) is 5.88 Å². The Morgan fingerprint density at radius 3 is 2.62 bits per heavy atom. The molecule has 0 unspecified atom stereocenters. The van der Waals surface area contributed by atoms with Crippen molar-refractivity contribution in [2.45, 2.75) is 0 Å². The molecule has 0 amide bonds. The van der Waals surface area contributed by atoms with Crippen molar-refractivity contribution in [1.82, 2.24) is 4.98 Å². The van der Waals surface area contributed by atoms with Gasteiger partial charge < -0.3 is 9.84 Å². The van der Waals surface area contributed by atoms with Gasteiger partial charge in [0.2, 0.25) is 0 Å². The molecule has 0 aliphatic rings. The standard InChI is InChI=1S/C5H7NO2/c1-8-5-3-2-4(7)6-5/h2-3,6-7H,1H3.